The third kappa shape index (κ3) is 3.51. The summed E-state index contributed by atoms with van der Waals surface area (Å²) in [6.07, 6.45) is 0.0207. The third-order valence-corrected chi connectivity index (χ3v) is 6.06. The molecule has 2 aliphatic heterocycles. The molecule has 2 heterocycles. The van der Waals surface area contributed by atoms with E-state index in [1.165, 1.54) is 0 Å². The lowest BCUT2D eigenvalue weighted by Gasteiger charge is -2.40. The topological polar surface area (TPSA) is 57.2 Å². The molecular weight excluding hydrogens is 406 g/mol. The van der Waals surface area contributed by atoms with Gasteiger partial charge >= 0.3 is 0 Å². The van der Waals surface area contributed by atoms with Crippen molar-refractivity contribution in [2.45, 2.75) is 18.6 Å². The molecule has 0 spiro atoms. The van der Waals surface area contributed by atoms with Gasteiger partial charge in [0, 0.05) is 6.54 Å². The van der Waals surface area contributed by atoms with Crippen LogP contribution in [0.4, 0.5) is 0 Å². The SMILES string of the molecule is COc1cc2c(cc1OC)[C@@H](c1ccccc1)N(C(=O)[C@@H]1COc3ccccc3O1)CC2. The van der Waals surface area contributed by atoms with Gasteiger partial charge in [-0.1, -0.05) is 42.5 Å². The third-order valence-electron chi connectivity index (χ3n) is 6.06. The smallest absolute Gasteiger partial charge is 0.268 e. The van der Waals surface area contributed by atoms with Crippen LogP contribution in [0.15, 0.2) is 66.7 Å². The zero-order valence-electron chi connectivity index (χ0n) is 18.1. The summed E-state index contributed by atoms with van der Waals surface area (Å²) in [5.74, 6) is 2.51. The van der Waals surface area contributed by atoms with Crippen LogP contribution in [0.1, 0.15) is 22.7 Å². The summed E-state index contributed by atoms with van der Waals surface area (Å²) in [6, 6.07) is 21.2. The second-order valence-corrected chi connectivity index (χ2v) is 7.87. The number of hydrogen-bond acceptors (Lipinski definition) is 5. The number of fused-ring (bicyclic) bond motifs is 2. The lowest BCUT2D eigenvalue weighted by atomic mass is 9.87. The Balaban J connectivity index is 1.53. The summed E-state index contributed by atoms with van der Waals surface area (Å²) in [5, 5.41) is 0. The van der Waals surface area contributed by atoms with E-state index in [9.17, 15) is 4.79 Å². The number of carbonyl (C=O) groups is 1. The summed E-state index contributed by atoms with van der Waals surface area (Å²) in [6.45, 7) is 0.759. The van der Waals surface area contributed by atoms with Crippen LogP contribution in [0.5, 0.6) is 23.0 Å². The molecule has 0 N–H and O–H groups in total. The second kappa shape index (κ2) is 8.46. The highest BCUT2D eigenvalue weighted by Gasteiger charge is 2.38. The number of rotatable bonds is 4. The standard InChI is InChI=1S/C26H25NO5/c1-29-22-14-18-12-13-27(26(28)24-16-31-20-10-6-7-11-21(20)32-24)25(17-8-4-3-5-9-17)19(18)15-23(22)30-2/h3-11,14-15,24-25H,12-13,16H2,1-2H3/t24-,25+/m0/s1. The Morgan fingerprint density at radius 2 is 1.62 bits per heavy atom. The molecule has 32 heavy (non-hydrogen) atoms. The Kier molecular flexibility index (Phi) is 5.35. The number of carbonyl (C=O) groups excluding carboxylic acids is 1. The van der Waals surface area contributed by atoms with Crippen molar-refractivity contribution in [3.8, 4) is 23.0 Å². The van der Waals surface area contributed by atoms with Gasteiger partial charge in [0.15, 0.2) is 23.0 Å². The first-order chi connectivity index (χ1) is 15.7. The summed E-state index contributed by atoms with van der Waals surface area (Å²) >= 11 is 0. The van der Waals surface area contributed by atoms with E-state index < -0.39 is 6.10 Å². The molecule has 0 fully saturated rings. The molecule has 2 atom stereocenters. The van der Waals surface area contributed by atoms with Crippen LogP contribution in [0.2, 0.25) is 0 Å². The summed E-state index contributed by atoms with van der Waals surface area (Å²) in [5.41, 5.74) is 3.21. The van der Waals surface area contributed by atoms with Gasteiger partial charge in [0.1, 0.15) is 6.61 Å². The monoisotopic (exact) mass is 431 g/mol. The van der Waals surface area contributed by atoms with Crippen LogP contribution in [-0.4, -0.2) is 44.3 Å². The van der Waals surface area contributed by atoms with Gasteiger partial charge in [-0.15, -0.1) is 0 Å². The zero-order valence-corrected chi connectivity index (χ0v) is 18.1. The fourth-order valence-electron chi connectivity index (χ4n) is 4.50. The predicted molar refractivity (Wildman–Crippen MR) is 120 cm³/mol. The summed E-state index contributed by atoms with van der Waals surface area (Å²) in [4.78, 5) is 15.6. The van der Waals surface area contributed by atoms with Crippen LogP contribution in [0, 0.1) is 0 Å². The molecule has 2 aliphatic rings. The van der Waals surface area contributed by atoms with Crippen molar-refractivity contribution < 1.29 is 23.7 Å². The molecule has 6 nitrogen and oxygen atoms in total. The predicted octanol–water partition coefficient (Wildman–Crippen LogP) is 4.02. The minimum absolute atomic E-state index is 0.0891. The van der Waals surface area contributed by atoms with E-state index in [-0.39, 0.29) is 18.6 Å². The number of nitrogens with zero attached hydrogens (tertiary/aromatic N) is 1. The summed E-state index contributed by atoms with van der Waals surface area (Å²) in [7, 11) is 3.26. The highest BCUT2D eigenvalue weighted by atomic mass is 16.6. The maximum Gasteiger partial charge on any atom is 0.268 e. The molecule has 0 aliphatic carbocycles. The van der Waals surface area contributed by atoms with Crippen LogP contribution < -0.4 is 18.9 Å². The molecule has 1 amide bonds. The number of amides is 1. The van der Waals surface area contributed by atoms with Gasteiger partial charge < -0.3 is 23.8 Å². The van der Waals surface area contributed by atoms with Crippen molar-refractivity contribution in [2.24, 2.45) is 0 Å². The minimum Gasteiger partial charge on any atom is -0.493 e. The van der Waals surface area contributed by atoms with E-state index in [1.807, 2.05) is 71.6 Å². The van der Waals surface area contributed by atoms with Gasteiger partial charge in [0.2, 0.25) is 6.10 Å². The normalized spacial score (nSPS) is 19.1. The van der Waals surface area contributed by atoms with Crippen LogP contribution in [0.3, 0.4) is 0 Å². The number of para-hydroxylation sites is 2. The van der Waals surface area contributed by atoms with Crippen molar-refractivity contribution in [1.29, 1.82) is 0 Å². The molecule has 0 saturated carbocycles. The van der Waals surface area contributed by atoms with Crippen molar-refractivity contribution >= 4 is 5.91 Å². The first-order valence-electron chi connectivity index (χ1n) is 10.7. The Morgan fingerprint density at radius 1 is 0.938 bits per heavy atom. The van der Waals surface area contributed by atoms with Crippen molar-refractivity contribution in [3.05, 3.63) is 83.4 Å². The lowest BCUT2D eigenvalue weighted by Crippen LogP contribution is -2.50. The number of hydrogen-bond donors (Lipinski definition) is 0. The van der Waals surface area contributed by atoms with E-state index in [2.05, 4.69) is 0 Å². The Hall–Kier alpha value is -3.67. The van der Waals surface area contributed by atoms with Crippen molar-refractivity contribution in [3.63, 3.8) is 0 Å². The van der Waals surface area contributed by atoms with Crippen LogP contribution in [0.25, 0.3) is 0 Å². The van der Waals surface area contributed by atoms with Gasteiger partial charge in [0.05, 0.1) is 20.3 Å². The van der Waals surface area contributed by atoms with E-state index in [1.54, 1.807) is 14.2 Å². The molecule has 0 saturated heterocycles. The van der Waals surface area contributed by atoms with E-state index >= 15 is 0 Å². The van der Waals surface area contributed by atoms with Gasteiger partial charge in [-0.05, 0) is 47.4 Å². The molecule has 6 heteroatoms. The molecule has 0 aromatic heterocycles. The van der Waals surface area contributed by atoms with Crippen LogP contribution in [-0.2, 0) is 11.2 Å². The quantitative estimate of drug-likeness (QED) is 0.625. The highest BCUT2D eigenvalue weighted by Crippen LogP contribution is 2.42. The number of ether oxygens (including phenoxy) is 4. The zero-order chi connectivity index (χ0) is 22.1. The van der Waals surface area contributed by atoms with Crippen molar-refractivity contribution in [1.82, 2.24) is 4.90 Å². The van der Waals surface area contributed by atoms with E-state index in [0.29, 0.717) is 29.5 Å². The fraction of sp³-hybridized carbons (Fsp3) is 0.269. The van der Waals surface area contributed by atoms with Gasteiger partial charge in [-0.25, -0.2) is 0 Å². The Bertz CT molecular complexity index is 1130. The number of benzene rings is 3. The number of methoxy groups -OCH3 is 2. The van der Waals surface area contributed by atoms with E-state index in [4.69, 9.17) is 18.9 Å². The largest absolute Gasteiger partial charge is 0.493 e. The molecule has 5 rings (SSSR count). The lowest BCUT2D eigenvalue weighted by molar-refractivity contribution is -0.143. The Morgan fingerprint density at radius 3 is 2.38 bits per heavy atom. The van der Waals surface area contributed by atoms with Crippen LogP contribution >= 0.6 is 0 Å². The molecule has 164 valence electrons. The summed E-state index contributed by atoms with van der Waals surface area (Å²) < 4.78 is 22.9. The van der Waals surface area contributed by atoms with Crippen molar-refractivity contribution in [2.75, 3.05) is 27.4 Å². The van der Waals surface area contributed by atoms with Gasteiger partial charge in [-0.2, -0.15) is 0 Å². The highest BCUT2D eigenvalue weighted by molar-refractivity contribution is 5.83. The minimum atomic E-state index is -0.696. The maximum atomic E-state index is 13.7. The molecule has 0 unspecified atom stereocenters. The molecule has 0 bridgehead atoms. The van der Waals surface area contributed by atoms with E-state index in [0.717, 1.165) is 23.1 Å². The first kappa shape index (κ1) is 20.2. The second-order valence-electron chi connectivity index (χ2n) is 7.87. The molecule has 3 aromatic carbocycles. The molecule has 3 aromatic rings. The maximum absolute atomic E-state index is 13.7. The van der Waals surface area contributed by atoms with Gasteiger partial charge in [0.25, 0.3) is 5.91 Å². The molecular formula is C26H25NO5. The average Bonchev–Trinajstić information content (AvgIpc) is 2.86. The molecule has 0 radical (unpaired) electrons. The Labute approximate surface area is 187 Å². The first-order valence-corrected chi connectivity index (χ1v) is 10.7. The van der Waals surface area contributed by atoms with Gasteiger partial charge in [-0.3, -0.25) is 4.79 Å². The average molecular weight is 431 g/mol. The fourth-order valence-corrected chi connectivity index (χ4v) is 4.50.